The quantitative estimate of drug-likeness (QED) is 0.451. The van der Waals surface area contributed by atoms with Gasteiger partial charge in [0.1, 0.15) is 5.76 Å². The minimum absolute atomic E-state index is 0.0317. The van der Waals surface area contributed by atoms with Crippen LogP contribution in [0.15, 0.2) is 47.0 Å². The van der Waals surface area contributed by atoms with E-state index in [2.05, 4.69) is 5.16 Å². The molecule has 0 amide bonds. The van der Waals surface area contributed by atoms with Gasteiger partial charge in [0.2, 0.25) is 5.78 Å². The normalized spacial score (nSPS) is 12.0. The zero-order valence-corrected chi connectivity index (χ0v) is 16.6. The van der Waals surface area contributed by atoms with Crippen molar-refractivity contribution >= 4 is 11.8 Å². The summed E-state index contributed by atoms with van der Waals surface area (Å²) < 4.78 is 12.2. The van der Waals surface area contributed by atoms with E-state index in [4.69, 9.17) is 9.26 Å². The SMILES string of the molecule is Cc1cc(-n2c(C)cc(C(=O)COC(=O)C[C@@H](C)c3ccccc3)c2C)no1. The molecule has 2 aromatic heterocycles. The summed E-state index contributed by atoms with van der Waals surface area (Å²) in [6, 6.07) is 13.3. The van der Waals surface area contributed by atoms with Crippen molar-refractivity contribution in [2.75, 3.05) is 6.61 Å². The van der Waals surface area contributed by atoms with Crippen LogP contribution in [-0.2, 0) is 9.53 Å². The van der Waals surface area contributed by atoms with Gasteiger partial charge in [-0.1, -0.05) is 42.4 Å². The molecule has 6 heteroatoms. The number of carbonyl (C=O) groups excluding carboxylic acids is 2. The van der Waals surface area contributed by atoms with Crippen molar-refractivity contribution in [3.8, 4) is 5.82 Å². The van der Waals surface area contributed by atoms with Crippen molar-refractivity contribution in [3.63, 3.8) is 0 Å². The van der Waals surface area contributed by atoms with E-state index in [0.717, 1.165) is 17.0 Å². The first-order valence-corrected chi connectivity index (χ1v) is 9.23. The molecular formula is C22H24N2O4. The number of hydrogen-bond donors (Lipinski definition) is 0. The average molecular weight is 380 g/mol. The van der Waals surface area contributed by atoms with Crippen LogP contribution in [-0.4, -0.2) is 28.1 Å². The lowest BCUT2D eigenvalue weighted by Gasteiger charge is -2.11. The molecule has 0 radical (unpaired) electrons. The summed E-state index contributed by atoms with van der Waals surface area (Å²) >= 11 is 0. The van der Waals surface area contributed by atoms with Gasteiger partial charge in [0.25, 0.3) is 0 Å². The molecule has 0 aliphatic rings. The summed E-state index contributed by atoms with van der Waals surface area (Å²) in [7, 11) is 0. The molecular weight excluding hydrogens is 356 g/mol. The van der Waals surface area contributed by atoms with Crippen molar-refractivity contribution in [2.24, 2.45) is 0 Å². The zero-order valence-electron chi connectivity index (χ0n) is 16.6. The van der Waals surface area contributed by atoms with E-state index < -0.39 is 0 Å². The topological polar surface area (TPSA) is 74.3 Å². The van der Waals surface area contributed by atoms with Gasteiger partial charge in [0, 0.05) is 23.0 Å². The fourth-order valence-corrected chi connectivity index (χ4v) is 3.29. The molecule has 6 nitrogen and oxygen atoms in total. The van der Waals surface area contributed by atoms with Gasteiger partial charge in [-0.25, -0.2) is 0 Å². The second kappa shape index (κ2) is 8.25. The maximum absolute atomic E-state index is 12.6. The lowest BCUT2D eigenvalue weighted by molar-refractivity contribution is -0.142. The Hall–Kier alpha value is -3.15. The summed E-state index contributed by atoms with van der Waals surface area (Å²) in [5.41, 5.74) is 3.18. The maximum Gasteiger partial charge on any atom is 0.306 e. The van der Waals surface area contributed by atoms with E-state index in [1.54, 1.807) is 12.1 Å². The molecule has 1 atom stereocenters. The predicted molar refractivity (Wildman–Crippen MR) is 105 cm³/mol. The molecule has 0 saturated carbocycles. The van der Waals surface area contributed by atoms with Crippen LogP contribution in [0, 0.1) is 20.8 Å². The highest BCUT2D eigenvalue weighted by Gasteiger charge is 2.20. The number of aromatic nitrogens is 2. The number of nitrogens with zero attached hydrogens (tertiary/aromatic N) is 2. The van der Waals surface area contributed by atoms with E-state index in [9.17, 15) is 9.59 Å². The number of aryl methyl sites for hydroxylation is 2. The second-order valence-corrected chi connectivity index (χ2v) is 7.02. The highest BCUT2D eigenvalue weighted by atomic mass is 16.5. The van der Waals surface area contributed by atoms with Crippen LogP contribution in [0.1, 0.15) is 52.3 Å². The number of rotatable bonds is 7. The first-order valence-electron chi connectivity index (χ1n) is 9.23. The Morgan fingerprint density at radius 2 is 1.86 bits per heavy atom. The molecule has 2 heterocycles. The molecule has 28 heavy (non-hydrogen) atoms. The Balaban J connectivity index is 1.63. The van der Waals surface area contributed by atoms with Gasteiger partial charge >= 0.3 is 5.97 Å². The van der Waals surface area contributed by atoms with E-state index in [-0.39, 0.29) is 30.7 Å². The van der Waals surface area contributed by atoms with Crippen LogP contribution in [0.4, 0.5) is 0 Å². The molecule has 0 fully saturated rings. The minimum Gasteiger partial charge on any atom is -0.457 e. The van der Waals surface area contributed by atoms with E-state index in [1.165, 1.54) is 0 Å². The van der Waals surface area contributed by atoms with Crippen LogP contribution < -0.4 is 0 Å². The van der Waals surface area contributed by atoms with E-state index >= 15 is 0 Å². The summed E-state index contributed by atoms with van der Waals surface area (Å²) in [5, 5.41) is 4.01. The Labute approximate surface area is 164 Å². The van der Waals surface area contributed by atoms with Gasteiger partial charge in [-0.3, -0.25) is 14.2 Å². The Morgan fingerprint density at radius 1 is 1.14 bits per heavy atom. The lowest BCUT2D eigenvalue weighted by Crippen LogP contribution is -2.16. The third kappa shape index (κ3) is 4.22. The van der Waals surface area contributed by atoms with Crippen LogP contribution in [0.2, 0.25) is 0 Å². The molecule has 3 aromatic rings. The lowest BCUT2D eigenvalue weighted by atomic mass is 9.98. The largest absolute Gasteiger partial charge is 0.457 e. The van der Waals surface area contributed by atoms with Gasteiger partial charge in [0.05, 0.1) is 6.42 Å². The minimum atomic E-state index is -0.384. The molecule has 0 N–H and O–H groups in total. The molecule has 0 aliphatic heterocycles. The van der Waals surface area contributed by atoms with Crippen molar-refractivity contribution < 1.29 is 18.8 Å². The zero-order chi connectivity index (χ0) is 20.3. The average Bonchev–Trinajstić information content (AvgIpc) is 3.22. The first-order chi connectivity index (χ1) is 13.4. The number of ketones is 1. The number of benzene rings is 1. The van der Waals surface area contributed by atoms with Crippen LogP contribution in [0.5, 0.6) is 0 Å². The number of carbonyl (C=O) groups is 2. The fourth-order valence-electron chi connectivity index (χ4n) is 3.29. The Morgan fingerprint density at radius 3 is 2.50 bits per heavy atom. The second-order valence-electron chi connectivity index (χ2n) is 7.02. The molecule has 3 rings (SSSR count). The van der Waals surface area contributed by atoms with Gasteiger partial charge < -0.3 is 9.26 Å². The summed E-state index contributed by atoms with van der Waals surface area (Å²) in [6.45, 7) is 7.23. The van der Waals surface area contributed by atoms with Crippen molar-refractivity contribution in [2.45, 2.75) is 40.0 Å². The molecule has 1 aromatic carbocycles. The molecule has 0 spiro atoms. The van der Waals surface area contributed by atoms with Crippen molar-refractivity contribution in [1.82, 2.24) is 9.72 Å². The first kappa shape index (κ1) is 19.6. The van der Waals surface area contributed by atoms with Gasteiger partial charge in [0.15, 0.2) is 12.4 Å². The standard InChI is InChI=1S/C22H24N2O4/c1-14(18-8-6-5-7-9-18)10-22(26)27-13-20(25)19-11-15(2)24(17(19)4)21-12-16(3)28-23-21/h5-9,11-12,14H,10,13H2,1-4H3/t14-/m1/s1. The third-order valence-corrected chi connectivity index (χ3v) is 4.78. The fraction of sp³-hybridized carbons (Fsp3) is 0.318. The van der Waals surface area contributed by atoms with Crippen molar-refractivity contribution in [1.29, 1.82) is 0 Å². The molecule has 146 valence electrons. The Bertz CT molecular complexity index is 985. The third-order valence-electron chi connectivity index (χ3n) is 4.78. The Kier molecular flexibility index (Phi) is 5.78. The monoisotopic (exact) mass is 380 g/mol. The number of Topliss-reactive ketones (excluding diaryl/α,β-unsaturated/α-hetero) is 1. The molecule has 0 saturated heterocycles. The van der Waals surface area contributed by atoms with Gasteiger partial charge in [-0.05, 0) is 38.3 Å². The summed E-state index contributed by atoms with van der Waals surface area (Å²) in [5.74, 6) is 0.729. The van der Waals surface area contributed by atoms with Crippen LogP contribution >= 0.6 is 0 Å². The van der Waals surface area contributed by atoms with Gasteiger partial charge in [-0.15, -0.1) is 0 Å². The van der Waals surface area contributed by atoms with Crippen LogP contribution in [0.3, 0.4) is 0 Å². The summed E-state index contributed by atoms with van der Waals surface area (Å²) in [4.78, 5) is 24.7. The number of hydrogen-bond acceptors (Lipinski definition) is 5. The summed E-state index contributed by atoms with van der Waals surface area (Å²) in [6.07, 6.45) is 0.231. The number of ether oxygens (including phenoxy) is 1. The predicted octanol–water partition coefficient (Wildman–Crippen LogP) is 4.31. The molecule has 0 aliphatic carbocycles. The van der Waals surface area contributed by atoms with Crippen molar-refractivity contribution in [3.05, 3.63) is 70.7 Å². The van der Waals surface area contributed by atoms with Crippen LogP contribution in [0.25, 0.3) is 5.82 Å². The maximum atomic E-state index is 12.6. The van der Waals surface area contributed by atoms with Gasteiger partial charge in [-0.2, -0.15) is 0 Å². The highest BCUT2D eigenvalue weighted by molar-refractivity contribution is 5.99. The highest BCUT2D eigenvalue weighted by Crippen LogP contribution is 2.22. The number of esters is 1. The molecule has 0 unspecified atom stereocenters. The van der Waals surface area contributed by atoms with E-state index in [0.29, 0.717) is 17.1 Å². The van der Waals surface area contributed by atoms with E-state index in [1.807, 2.05) is 62.6 Å². The molecule has 0 bridgehead atoms. The smallest absolute Gasteiger partial charge is 0.306 e.